The van der Waals surface area contributed by atoms with Crippen molar-refractivity contribution in [1.82, 2.24) is 72.7 Å². The van der Waals surface area contributed by atoms with Gasteiger partial charge >= 0.3 is 36.4 Å². The van der Waals surface area contributed by atoms with E-state index in [1.54, 1.807) is 0 Å². The van der Waals surface area contributed by atoms with Gasteiger partial charge in [-0.3, -0.25) is 28.8 Å². The Kier molecular flexibility index (Phi) is 38.8. The Morgan fingerprint density at radius 1 is 0.493 bits per heavy atom. The quantitative estimate of drug-likeness (QED) is 0.00246. The number of fused-ring (bicyclic) bond motifs is 2. The number of sulfonamides is 2. The van der Waals surface area contributed by atoms with Gasteiger partial charge in [0.25, 0.3) is 11.8 Å². The van der Waals surface area contributed by atoms with Crippen molar-refractivity contribution in [2.45, 2.75) is 224 Å². The van der Waals surface area contributed by atoms with E-state index in [9.17, 15) is 101 Å². The van der Waals surface area contributed by atoms with Crippen molar-refractivity contribution in [3.63, 3.8) is 0 Å². The number of carbonyl (C=O) groups excluding carboxylic acids is 10. The lowest BCUT2D eigenvalue weighted by Gasteiger charge is -2.20. The van der Waals surface area contributed by atoms with E-state index < -0.39 is 96.9 Å². The number of hydrogen-bond acceptors (Lipinski definition) is 24. The summed E-state index contributed by atoms with van der Waals surface area (Å²) in [5.41, 5.74) is 14.7. The molecule has 0 bridgehead atoms. The maximum Gasteiger partial charge on any atom is 0.435 e. The molecule has 50 heteroatoms. The number of aryl methyl sites for hydroxylation is 2. The second-order valence-electron chi connectivity index (χ2n) is 34.1. The molecule has 16 N–H and O–H groups in total. The van der Waals surface area contributed by atoms with Crippen LogP contribution in [-0.2, 0) is 61.2 Å². The SMILES string of the molecule is Cc1cc(O)c(-c2cc(C(F)(F)F)nn2-c2ccc(S(N)(=O)=O)cc2)cc1OC(=O)[C@H](CCCCNC(=O)CCCCCNC(=O)CCCC[C@@H]1SC[C@@H]2NC(=O)N[C@@H]21)NC(=O)c1ccc(N=[N+]=[N-])cc1.Cc1ccc(-c2cc(C(F)(F)F)nn2-c2ccc(S(N)(=O)=O)cc2)c(OC(=O)[C@H](CCCCNC(=O)CCCCCNC(=O)CCCC[C@@H]2SC[C@@H]3NC(=O)N[C@@H]32)NC(=O)c2ccc(N=[N+]=[N-])cc2)c1O. The lowest BCUT2D eigenvalue weighted by Crippen LogP contribution is -2.43. The van der Waals surface area contributed by atoms with E-state index in [4.69, 9.17) is 30.8 Å². The number of alkyl halides is 6. The van der Waals surface area contributed by atoms with Crippen LogP contribution in [0.1, 0.15) is 184 Å². The molecule has 4 aliphatic heterocycles. The third kappa shape index (κ3) is 31.4. The van der Waals surface area contributed by atoms with Gasteiger partial charge in [0.1, 0.15) is 23.6 Å². The number of nitrogens with zero attached hydrogens (tertiary/aromatic N) is 10. The highest BCUT2D eigenvalue weighted by Crippen LogP contribution is 2.45. The highest BCUT2D eigenvalue weighted by Gasteiger charge is 2.45. The number of aromatic nitrogens is 4. The molecule has 12 rings (SSSR count). The second kappa shape index (κ2) is 50.7. The van der Waals surface area contributed by atoms with Crippen molar-refractivity contribution in [3.8, 4) is 56.9 Å². The molecule has 4 saturated heterocycles. The van der Waals surface area contributed by atoms with E-state index in [-0.39, 0.29) is 188 Å². The molecule has 40 nitrogen and oxygen atoms in total. The van der Waals surface area contributed by atoms with E-state index in [1.807, 2.05) is 23.5 Å². The number of unbranched alkanes of at least 4 members (excludes halogenated alkanes) is 8. The molecule has 2 aromatic heterocycles. The standard InChI is InChI=1S/2C46H54F3N11O9S2/c1-27-13-22-32(35-25-37(46(47,48)49)58-60(35)30-18-20-31(21-19-30)71(51,67)68)42(41(27)63)69-44(65)33(54-43(64)28-14-16-29(17-15-28)57-59-50)9-6-8-24-53-38(61)11-3-2-7-23-52-39(62)12-5-4-10-36-40-34(26-70-36)55-45(66)56-40;1-27-23-36(61)32(35-25-39(46(47,48)49)58-60(35)30-17-19-31(20-18-30)71(51,67)68)24-37(27)69-44(65)33(54-43(64)28-13-15-29(16-14-28)57-59-50)9-6-8-22-53-40(62)11-3-2-7-21-52-41(63)12-5-4-10-38-42-34(26-70-38)55-45(66)56-42/h13-22,25,33-34,36,40,63H,2-12,23-24,26H2,1H3,(H,52,62)(H,53,61)(H,54,64)(H2,51,67,68)(H2,55,56,66);13-20,23-25,33-34,38,42,61H,2-12,21-22,26H2,1H3,(H,52,63)(H,53,62)(H,54,64)(H2,51,67,68)(H2,55,56,66)/t33-,34-,36-,40-;33-,34-,38-,42-/m00/s1. The Bertz CT molecular complexity index is 6210. The molecule has 10 amide bonds. The molecule has 8 atom stereocenters. The monoisotopic (exact) mass is 2050 g/mol. The Balaban J connectivity index is 0.000000271. The molecule has 0 saturated carbocycles. The third-order valence-electron chi connectivity index (χ3n) is 23.6. The summed E-state index contributed by atoms with van der Waals surface area (Å²) < 4.78 is 145. The van der Waals surface area contributed by atoms with Crippen LogP contribution in [-0.4, -0.2) is 190 Å². The van der Waals surface area contributed by atoms with Crippen LogP contribution < -0.4 is 72.9 Å². The number of nitrogens with one attached hydrogen (secondary N) is 10. The average molecular weight is 2050 g/mol. The Morgan fingerprint density at radius 2 is 0.873 bits per heavy atom. The second-order valence-corrected chi connectivity index (χ2v) is 39.8. The predicted molar refractivity (Wildman–Crippen MR) is 512 cm³/mol. The number of halogens is 6. The predicted octanol–water partition coefficient (Wildman–Crippen LogP) is 13.1. The highest BCUT2D eigenvalue weighted by molar-refractivity contribution is 8.00. The summed E-state index contributed by atoms with van der Waals surface area (Å²) >= 11 is 3.70. The molecule has 0 aliphatic carbocycles. The first kappa shape index (κ1) is 109. The van der Waals surface area contributed by atoms with Gasteiger partial charge < -0.3 is 72.9 Å². The molecule has 8 aromatic rings. The number of aromatic hydroxyl groups is 2. The molecule has 0 radical (unpaired) electrons. The normalized spacial score (nSPS) is 16.7. The summed E-state index contributed by atoms with van der Waals surface area (Å²) in [6.45, 7) is 4.42. The first-order valence-corrected chi connectivity index (χ1v) is 50.9. The van der Waals surface area contributed by atoms with E-state index in [2.05, 4.69) is 83.4 Å². The molecule has 142 heavy (non-hydrogen) atoms. The lowest BCUT2D eigenvalue weighted by atomic mass is 10.0. The van der Waals surface area contributed by atoms with Gasteiger partial charge in [-0.15, -0.1) is 0 Å². The van der Waals surface area contributed by atoms with Gasteiger partial charge in [0, 0.05) is 117 Å². The Morgan fingerprint density at radius 3 is 1.26 bits per heavy atom. The molecular weight excluding hydrogens is 1940 g/mol. The number of phenols is 2. The number of ether oxygens (including phenoxy) is 2. The van der Waals surface area contributed by atoms with Crippen LogP contribution in [0.4, 0.5) is 47.3 Å². The molecule has 0 unspecified atom stereocenters. The number of primary sulfonamides is 2. The summed E-state index contributed by atoms with van der Waals surface area (Å²) in [6.07, 6.45) is 2.02. The number of phenolic OH excluding ortho intramolecular Hbond substituents is 2. The highest BCUT2D eigenvalue weighted by atomic mass is 32.2. The summed E-state index contributed by atoms with van der Waals surface area (Å²) in [6, 6.07) is 24.0. The topological polar surface area (TPSA) is 603 Å². The zero-order chi connectivity index (χ0) is 103. The van der Waals surface area contributed by atoms with Crippen molar-refractivity contribution >= 4 is 114 Å². The number of urea groups is 2. The van der Waals surface area contributed by atoms with E-state index in [0.29, 0.717) is 99.9 Å². The first-order chi connectivity index (χ1) is 67.6. The summed E-state index contributed by atoms with van der Waals surface area (Å²) in [5, 5.41) is 76.3. The molecule has 4 aliphatic rings. The molecule has 6 aromatic carbocycles. The number of nitrogens with two attached hydrogens (primary N) is 2. The molecule has 0 spiro atoms. The van der Waals surface area contributed by atoms with Crippen LogP contribution in [0, 0.1) is 13.8 Å². The zero-order valence-corrected chi connectivity index (χ0v) is 80.3. The maximum absolute atomic E-state index is 14.1. The molecule has 4 fully saturated rings. The smallest absolute Gasteiger partial charge is 0.435 e. The van der Waals surface area contributed by atoms with Gasteiger partial charge in [-0.05, 0) is 229 Å². The van der Waals surface area contributed by atoms with Crippen LogP contribution in [0.25, 0.3) is 54.8 Å². The van der Waals surface area contributed by atoms with Crippen molar-refractivity contribution in [2.75, 3.05) is 37.7 Å². The van der Waals surface area contributed by atoms with Crippen LogP contribution in [0.15, 0.2) is 153 Å². The first-order valence-electron chi connectivity index (χ1n) is 45.7. The van der Waals surface area contributed by atoms with E-state index >= 15 is 0 Å². The van der Waals surface area contributed by atoms with Crippen molar-refractivity contribution in [2.24, 2.45) is 20.5 Å². The van der Waals surface area contributed by atoms with E-state index in [0.717, 1.165) is 96.1 Å². The van der Waals surface area contributed by atoms with E-state index in [1.165, 1.54) is 105 Å². The van der Waals surface area contributed by atoms with Gasteiger partial charge in [0.15, 0.2) is 22.9 Å². The summed E-state index contributed by atoms with van der Waals surface area (Å²) in [7, 11) is -8.31. The lowest BCUT2D eigenvalue weighted by molar-refractivity contribution is -0.142. The fraction of sp³-hybridized carbons (Fsp3) is 0.435. The molecule has 760 valence electrons. The Hall–Kier alpha value is -13.6. The molecule has 6 heterocycles. The number of benzene rings is 6. The van der Waals surface area contributed by atoms with Gasteiger partial charge in [0.05, 0.1) is 56.7 Å². The zero-order valence-electron chi connectivity index (χ0n) is 77.1. The van der Waals surface area contributed by atoms with Gasteiger partial charge in [-0.1, -0.05) is 66.2 Å². The molecular formula is C92H108F6N22O18S4. The van der Waals surface area contributed by atoms with Crippen molar-refractivity contribution in [1.29, 1.82) is 0 Å². The number of amides is 10. The maximum atomic E-state index is 14.1. The van der Waals surface area contributed by atoms with Crippen LogP contribution >= 0.6 is 23.5 Å². The summed E-state index contributed by atoms with van der Waals surface area (Å²) in [4.78, 5) is 133. The summed E-state index contributed by atoms with van der Waals surface area (Å²) in [5.74, 6) is -3.92. The number of esters is 2. The number of rotatable bonds is 48. The largest absolute Gasteiger partial charge is 0.507 e. The third-order valence-corrected chi connectivity index (χ3v) is 28.5. The fourth-order valence-electron chi connectivity index (χ4n) is 16.1. The van der Waals surface area contributed by atoms with Crippen LogP contribution in [0.3, 0.4) is 0 Å². The van der Waals surface area contributed by atoms with Crippen molar-refractivity contribution in [3.05, 3.63) is 188 Å². The number of thioether (sulfide) groups is 2. The van der Waals surface area contributed by atoms with Crippen molar-refractivity contribution < 1.29 is 111 Å². The number of carbonyl (C=O) groups is 10. The number of hydrogen-bond donors (Lipinski definition) is 14. The van der Waals surface area contributed by atoms with Crippen LogP contribution in [0.2, 0.25) is 0 Å². The van der Waals surface area contributed by atoms with Gasteiger partial charge in [-0.2, -0.15) is 60.1 Å². The van der Waals surface area contributed by atoms with Gasteiger partial charge in [0.2, 0.25) is 43.7 Å². The minimum atomic E-state index is -4.96. The van der Waals surface area contributed by atoms with Crippen LogP contribution in [0.5, 0.6) is 23.0 Å². The minimum absolute atomic E-state index is 0.0158. The minimum Gasteiger partial charge on any atom is -0.507 e. The van der Waals surface area contributed by atoms with Gasteiger partial charge in [-0.25, -0.2) is 55.7 Å². The number of azide groups is 2. The Labute approximate surface area is 820 Å². The average Bonchev–Trinajstić information content (AvgIpc) is 1.59. The fourth-order valence-corrected chi connectivity index (χ4v) is 20.2.